The van der Waals surface area contributed by atoms with Crippen LogP contribution in [0, 0.1) is 11.7 Å². The number of Topliss-reactive ketones (excluding diaryl/α,β-unsaturated/α-hetero) is 1. The van der Waals surface area contributed by atoms with Crippen LogP contribution in [0.25, 0.3) is 11.3 Å². The van der Waals surface area contributed by atoms with Gasteiger partial charge in [0.2, 0.25) is 0 Å². The van der Waals surface area contributed by atoms with Crippen molar-refractivity contribution in [3.63, 3.8) is 0 Å². The van der Waals surface area contributed by atoms with Crippen LogP contribution in [-0.2, 0) is 5.41 Å². The summed E-state index contributed by atoms with van der Waals surface area (Å²) in [5, 5.41) is 0. The molecule has 1 atom stereocenters. The van der Waals surface area contributed by atoms with Gasteiger partial charge < -0.3 is 4.74 Å². The summed E-state index contributed by atoms with van der Waals surface area (Å²) in [5.74, 6) is 0.174. The quantitative estimate of drug-likeness (QED) is 0.655. The number of hydrogen-bond acceptors (Lipinski definition) is 3. The molecule has 0 fully saturated rings. The van der Waals surface area contributed by atoms with E-state index in [9.17, 15) is 9.18 Å². The second-order valence-electron chi connectivity index (χ2n) is 7.38. The summed E-state index contributed by atoms with van der Waals surface area (Å²) in [6.45, 7) is 4.45. The van der Waals surface area contributed by atoms with Crippen LogP contribution in [0.2, 0.25) is 0 Å². The molecule has 27 heavy (non-hydrogen) atoms. The Morgan fingerprint density at radius 1 is 1.07 bits per heavy atom. The average Bonchev–Trinajstić information content (AvgIpc) is 2.69. The van der Waals surface area contributed by atoms with Crippen molar-refractivity contribution in [3.05, 3.63) is 83.8 Å². The van der Waals surface area contributed by atoms with Crippen molar-refractivity contribution in [3.8, 4) is 17.0 Å². The van der Waals surface area contributed by atoms with Crippen molar-refractivity contribution in [1.29, 1.82) is 0 Å². The number of rotatable bonds is 3. The van der Waals surface area contributed by atoms with Crippen LogP contribution < -0.4 is 4.74 Å². The molecule has 3 aromatic rings. The molecule has 0 saturated heterocycles. The summed E-state index contributed by atoms with van der Waals surface area (Å²) in [5.41, 5.74) is 2.78. The lowest BCUT2D eigenvalue weighted by Gasteiger charge is -2.36. The van der Waals surface area contributed by atoms with E-state index in [4.69, 9.17) is 4.74 Å². The number of ether oxygens (including phenoxy) is 1. The molecular weight excluding hydrogens is 341 g/mol. The summed E-state index contributed by atoms with van der Waals surface area (Å²) >= 11 is 0. The van der Waals surface area contributed by atoms with Crippen molar-refractivity contribution < 1.29 is 13.9 Å². The zero-order chi connectivity index (χ0) is 19.0. The van der Waals surface area contributed by atoms with E-state index in [1.54, 1.807) is 18.3 Å². The van der Waals surface area contributed by atoms with E-state index in [1.807, 2.05) is 36.4 Å². The molecule has 0 bridgehead atoms. The zero-order valence-corrected chi connectivity index (χ0v) is 15.3. The van der Waals surface area contributed by atoms with Gasteiger partial charge in [0.1, 0.15) is 11.6 Å². The number of carbonyl (C=O) groups is 1. The highest BCUT2D eigenvalue weighted by atomic mass is 19.1. The van der Waals surface area contributed by atoms with Crippen molar-refractivity contribution >= 4 is 5.78 Å². The highest BCUT2D eigenvalue weighted by molar-refractivity contribution is 6.02. The van der Waals surface area contributed by atoms with E-state index in [1.165, 1.54) is 12.1 Å². The fourth-order valence-corrected chi connectivity index (χ4v) is 3.58. The molecule has 4 rings (SSSR count). The Kier molecular flexibility index (Phi) is 4.27. The Bertz CT molecular complexity index is 995. The number of pyridine rings is 1. The lowest BCUT2D eigenvalue weighted by molar-refractivity contribution is 0.0737. The van der Waals surface area contributed by atoms with Crippen molar-refractivity contribution in [2.45, 2.75) is 19.3 Å². The lowest BCUT2D eigenvalue weighted by atomic mass is 9.70. The molecule has 0 aliphatic carbocycles. The molecule has 2 heterocycles. The second-order valence-corrected chi connectivity index (χ2v) is 7.38. The third kappa shape index (κ3) is 3.12. The van der Waals surface area contributed by atoms with Crippen molar-refractivity contribution in [2.75, 3.05) is 6.61 Å². The number of nitrogens with zero attached hydrogens (tertiary/aromatic N) is 1. The Labute approximate surface area is 157 Å². The number of halogens is 1. The molecule has 0 N–H and O–H groups in total. The summed E-state index contributed by atoms with van der Waals surface area (Å²) in [6.07, 6.45) is 1.73. The Morgan fingerprint density at radius 3 is 2.59 bits per heavy atom. The van der Waals surface area contributed by atoms with Gasteiger partial charge in [0, 0.05) is 17.2 Å². The predicted octanol–water partition coefficient (Wildman–Crippen LogP) is 5.06. The minimum absolute atomic E-state index is 0.0991. The van der Waals surface area contributed by atoms with Crippen molar-refractivity contribution in [1.82, 2.24) is 4.98 Å². The molecule has 1 unspecified atom stereocenters. The molecule has 0 spiro atoms. The van der Waals surface area contributed by atoms with Crippen LogP contribution in [0.15, 0.2) is 66.9 Å². The number of ketones is 1. The van der Waals surface area contributed by atoms with Gasteiger partial charge >= 0.3 is 0 Å². The monoisotopic (exact) mass is 361 g/mol. The molecule has 3 nitrogen and oxygen atoms in total. The minimum atomic E-state index is -0.442. The molecule has 0 amide bonds. The maximum atomic E-state index is 13.2. The number of carbonyl (C=O) groups excluding carboxylic acids is 1. The fourth-order valence-electron chi connectivity index (χ4n) is 3.58. The Hall–Kier alpha value is -3.01. The molecule has 4 heteroatoms. The molecular formula is C23H20FNO2. The highest BCUT2D eigenvalue weighted by Crippen LogP contribution is 2.39. The maximum absolute atomic E-state index is 13.2. The smallest absolute Gasteiger partial charge is 0.173 e. The summed E-state index contributed by atoms with van der Waals surface area (Å²) in [6, 6.07) is 17.5. The van der Waals surface area contributed by atoms with Crippen LogP contribution in [0.5, 0.6) is 5.75 Å². The molecule has 1 aliphatic rings. The lowest BCUT2D eigenvalue weighted by Crippen LogP contribution is -2.41. The first kappa shape index (κ1) is 17.4. The first-order valence-corrected chi connectivity index (χ1v) is 8.95. The minimum Gasteiger partial charge on any atom is -0.492 e. The first-order valence-electron chi connectivity index (χ1n) is 8.95. The molecule has 1 aromatic heterocycles. The molecule has 0 radical (unpaired) electrons. The van der Waals surface area contributed by atoms with Crippen LogP contribution in [-0.4, -0.2) is 17.4 Å². The van der Waals surface area contributed by atoms with Gasteiger partial charge in [0.15, 0.2) is 5.78 Å². The fraction of sp³-hybridized carbons (Fsp3) is 0.217. The van der Waals surface area contributed by atoms with E-state index in [0.717, 1.165) is 16.8 Å². The predicted molar refractivity (Wildman–Crippen MR) is 102 cm³/mol. The van der Waals surface area contributed by atoms with E-state index >= 15 is 0 Å². The highest BCUT2D eigenvalue weighted by Gasteiger charge is 2.41. The van der Waals surface area contributed by atoms with Gasteiger partial charge in [-0.25, -0.2) is 4.39 Å². The Balaban J connectivity index is 1.69. The summed E-state index contributed by atoms with van der Waals surface area (Å²) in [4.78, 5) is 17.5. The first-order chi connectivity index (χ1) is 13.0. The normalized spacial score (nSPS) is 16.6. The number of aromatic nitrogens is 1. The number of hydrogen-bond donors (Lipinski definition) is 0. The van der Waals surface area contributed by atoms with Crippen LogP contribution >= 0.6 is 0 Å². The zero-order valence-electron chi connectivity index (χ0n) is 15.3. The van der Waals surface area contributed by atoms with E-state index < -0.39 is 5.41 Å². The number of benzene rings is 2. The Morgan fingerprint density at radius 2 is 1.81 bits per heavy atom. The van der Waals surface area contributed by atoms with Gasteiger partial charge in [0.05, 0.1) is 23.8 Å². The molecule has 136 valence electrons. The van der Waals surface area contributed by atoms with Gasteiger partial charge in [-0.15, -0.1) is 0 Å². The SMILES string of the molecule is CC(C)(c1ccnc(-c2ccc(F)cc2)c1)C1COc2ccccc2C1=O. The number of para-hydroxylation sites is 1. The third-order valence-corrected chi connectivity index (χ3v) is 5.39. The summed E-state index contributed by atoms with van der Waals surface area (Å²) < 4.78 is 19.1. The molecule has 1 aliphatic heterocycles. The van der Waals surface area contributed by atoms with Gasteiger partial charge in [-0.2, -0.15) is 0 Å². The second kappa shape index (κ2) is 6.62. The molecule has 0 saturated carbocycles. The van der Waals surface area contributed by atoms with Crippen molar-refractivity contribution in [2.24, 2.45) is 5.92 Å². The summed E-state index contributed by atoms with van der Waals surface area (Å²) in [7, 11) is 0. The van der Waals surface area contributed by atoms with E-state index in [2.05, 4.69) is 18.8 Å². The largest absolute Gasteiger partial charge is 0.492 e. The van der Waals surface area contributed by atoms with E-state index in [0.29, 0.717) is 17.9 Å². The van der Waals surface area contributed by atoms with E-state index in [-0.39, 0.29) is 17.5 Å². The molecule has 2 aromatic carbocycles. The van der Waals surface area contributed by atoms with Crippen LogP contribution in [0.1, 0.15) is 29.8 Å². The van der Waals surface area contributed by atoms with Gasteiger partial charge in [0.25, 0.3) is 0 Å². The number of fused-ring (bicyclic) bond motifs is 1. The van der Waals surface area contributed by atoms with Gasteiger partial charge in [-0.1, -0.05) is 26.0 Å². The average molecular weight is 361 g/mol. The third-order valence-electron chi connectivity index (χ3n) is 5.39. The maximum Gasteiger partial charge on any atom is 0.173 e. The van der Waals surface area contributed by atoms with Crippen LogP contribution in [0.4, 0.5) is 4.39 Å². The standard InChI is InChI=1S/C23H20FNO2/c1-23(2,19-14-27-21-6-4-3-5-18(21)22(19)26)16-11-12-25-20(13-16)15-7-9-17(24)10-8-15/h3-13,19H,14H2,1-2H3. The topological polar surface area (TPSA) is 39.2 Å². The van der Waals surface area contributed by atoms with Gasteiger partial charge in [-0.05, 0) is 54.1 Å². The van der Waals surface area contributed by atoms with Gasteiger partial charge in [-0.3, -0.25) is 9.78 Å². The van der Waals surface area contributed by atoms with Crippen LogP contribution in [0.3, 0.4) is 0 Å².